The van der Waals surface area contributed by atoms with Gasteiger partial charge in [0, 0.05) is 36.2 Å². The lowest BCUT2D eigenvalue weighted by molar-refractivity contribution is -0.134. The summed E-state index contributed by atoms with van der Waals surface area (Å²) in [5.74, 6) is -0.0886. The van der Waals surface area contributed by atoms with E-state index in [1.54, 1.807) is 19.3 Å². The Labute approximate surface area is 151 Å². The summed E-state index contributed by atoms with van der Waals surface area (Å²) in [5.41, 5.74) is 0.743. The first-order valence-corrected chi connectivity index (χ1v) is 9.05. The van der Waals surface area contributed by atoms with Gasteiger partial charge in [-0.3, -0.25) is 19.6 Å². The van der Waals surface area contributed by atoms with Crippen LogP contribution in [0.3, 0.4) is 0 Å². The number of hydrogen-bond acceptors (Lipinski definition) is 4. The Morgan fingerprint density at radius 1 is 1.15 bits per heavy atom. The van der Waals surface area contributed by atoms with Crippen molar-refractivity contribution < 1.29 is 4.79 Å². The molecule has 1 amide bonds. The highest BCUT2D eigenvalue weighted by Gasteiger charge is 2.26. The first kappa shape index (κ1) is 18.1. The number of carbonyl (C=O) groups excluding carboxylic acids is 1. The fourth-order valence-corrected chi connectivity index (χ4v) is 3.59. The molecule has 2 heterocycles. The van der Waals surface area contributed by atoms with Crippen molar-refractivity contribution >= 4 is 5.91 Å². The predicted molar refractivity (Wildman–Crippen MR) is 97.8 cm³/mol. The van der Waals surface area contributed by atoms with Crippen LogP contribution in [-0.2, 0) is 17.8 Å². The fraction of sp³-hybridized carbons (Fsp3) is 0.474. The molecule has 1 aliphatic carbocycles. The molecule has 0 unspecified atom stereocenters. The molecule has 1 aliphatic rings. The van der Waals surface area contributed by atoms with Crippen molar-refractivity contribution in [3.05, 3.63) is 62.2 Å². The van der Waals surface area contributed by atoms with E-state index < -0.39 is 11.2 Å². The molecule has 0 radical (unpaired) electrons. The average Bonchev–Trinajstić information content (AvgIpc) is 2.64. The van der Waals surface area contributed by atoms with Gasteiger partial charge in [-0.1, -0.05) is 19.3 Å². The second kappa shape index (κ2) is 8.12. The summed E-state index contributed by atoms with van der Waals surface area (Å²) in [5, 5.41) is 0. The number of pyridine rings is 1. The van der Waals surface area contributed by atoms with Crippen molar-refractivity contribution in [2.75, 3.05) is 0 Å². The molecule has 26 heavy (non-hydrogen) atoms. The van der Waals surface area contributed by atoms with Crippen LogP contribution in [0.4, 0.5) is 0 Å². The summed E-state index contributed by atoms with van der Waals surface area (Å²) in [6, 6.07) is 3.99. The van der Waals surface area contributed by atoms with E-state index in [2.05, 4.69) is 15.0 Å². The number of nitrogens with one attached hydrogen (secondary N) is 2. The predicted octanol–water partition coefficient (Wildman–Crippen LogP) is 1.67. The third-order valence-electron chi connectivity index (χ3n) is 5.02. The molecule has 1 fully saturated rings. The van der Waals surface area contributed by atoms with Crippen LogP contribution in [0.1, 0.15) is 48.9 Å². The number of aromatic amines is 2. The zero-order chi connectivity index (χ0) is 18.5. The van der Waals surface area contributed by atoms with Crippen LogP contribution in [0.5, 0.6) is 0 Å². The number of rotatable bonds is 5. The van der Waals surface area contributed by atoms with Gasteiger partial charge in [-0.05, 0) is 37.5 Å². The second-order valence-electron chi connectivity index (χ2n) is 6.86. The smallest absolute Gasteiger partial charge is 0.325 e. The summed E-state index contributed by atoms with van der Waals surface area (Å²) < 4.78 is 0. The normalized spacial score (nSPS) is 15.0. The van der Waals surface area contributed by atoms with Crippen LogP contribution >= 0.6 is 0 Å². The molecule has 7 nitrogen and oxygen atoms in total. The van der Waals surface area contributed by atoms with Crippen LogP contribution in [-0.4, -0.2) is 31.8 Å². The van der Waals surface area contributed by atoms with Gasteiger partial charge in [-0.2, -0.15) is 0 Å². The van der Waals surface area contributed by atoms with Gasteiger partial charge in [0.2, 0.25) is 5.91 Å². The van der Waals surface area contributed by atoms with E-state index in [0.29, 0.717) is 17.8 Å². The summed E-state index contributed by atoms with van der Waals surface area (Å²) in [6.45, 7) is 2.15. The minimum Gasteiger partial charge on any atom is -0.335 e. The highest BCUT2D eigenvalue weighted by atomic mass is 16.2. The molecule has 2 aromatic rings. The van der Waals surface area contributed by atoms with Gasteiger partial charge in [0.05, 0.1) is 6.42 Å². The maximum atomic E-state index is 13.1. The summed E-state index contributed by atoms with van der Waals surface area (Å²) in [4.78, 5) is 47.2. The van der Waals surface area contributed by atoms with Gasteiger partial charge in [-0.15, -0.1) is 0 Å². The van der Waals surface area contributed by atoms with Gasteiger partial charge in [0.15, 0.2) is 0 Å². The number of H-pyrrole nitrogens is 2. The van der Waals surface area contributed by atoms with Crippen molar-refractivity contribution in [1.29, 1.82) is 0 Å². The molecule has 2 aromatic heterocycles. The molecular weight excluding hydrogens is 332 g/mol. The second-order valence-corrected chi connectivity index (χ2v) is 6.86. The van der Waals surface area contributed by atoms with Crippen molar-refractivity contribution in [2.24, 2.45) is 0 Å². The van der Waals surface area contributed by atoms with Gasteiger partial charge in [0.1, 0.15) is 0 Å². The number of aryl methyl sites for hydroxylation is 1. The molecule has 0 aliphatic heterocycles. The molecule has 7 heteroatoms. The molecule has 0 aromatic carbocycles. The molecule has 0 atom stereocenters. The molecule has 3 rings (SSSR count). The lowest BCUT2D eigenvalue weighted by Crippen LogP contribution is -2.43. The van der Waals surface area contributed by atoms with Gasteiger partial charge in [0.25, 0.3) is 5.56 Å². The molecule has 0 bridgehead atoms. The monoisotopic (exact) mass is 356 g/mol. The Morgan fingerprint density at radius 3 is 2.50 bits per heavy atom. The maximum absolute atomic E-state index is 13.1. The highest BCUT2D eigenvalue weighted by molar-refractivity contribution is 5.79. The number of hydrogen-bond donors (Lipinski definition) is 2. The third kappa shape index (κ3) is 4.28. The molecular formula is C19H24N4O3. The van der Waals surface area contributed by atoms with Crippen LogP contribution < -0.4 is 11.2 Å². The minimum atomic E-state index is -0.551. The summed E-state index contributed by atoms with van der Waals surface area (Å²) >= 11 is 0. The topological polar surface area (TPSA) is 98.9 Å². The Kier molecular flexibility index (Phi) is 5.65. The standard InChI is InChI=1S/C19H24N4O3/c1-13-16(18(25)22-19(26)21-13)11-17(24)23(15-5-3-2-4-6-15)12-14-7-9-20-10-8-14/h7-10,15H,2-6,11-12H2,1H3,(H2,21,22,25,26). The van der Waals surface area contributed by atoms with Crippen molar-refractivity contribution in [1.82, 2.24) is 19.9 Å². The zero-order valence-electron chi connectivity index (χ0n) is 15.0. The summed E-state index contributed by atoms with van der Waals surface area (Å²) in [6.07, 6.45) is 8.82. The largest absolute Gasteiger partial charge is 0.335 e. The van der Waals surface area contributed by atoms with Gasteiger partial charge in [-0.25, -0.2) is 4.79 Å². The van der Waals surface area contributed by atoms with Crippen LogP contribution in [0, 0.1) is 6.92 Å². The lowest BCUT2D eigenvalue weighted by atomic mass is 9.93. The first-order chi connectivity index (χ1) is 12.5. The van der Waals surface area contributed by atoms with Gasteiger partial charge >= 0.3 is 5.69 Å². The van der Waals surface area contributed by atoms with E-state index >= 15 is 0 Å². The Bertz CT molecular complexity index is 866. The van der Waals surface area contributed by atoms with E-state index in [9.17, 15) is 14.4 Å². The number of carbonyl (C=O) groups is 1. The number of amides is 1. The Hall–Kier alpha value is -2.70. The van der Waals surface area contributed by atoms with Crippen molar-refractivity contribution in [2.45, 2.75) is 58.0 Å². The molecule has 1 saturated carbocycles. The maximum Gasteiger partial charge on any atom is 0.325 e. The van der Waals surface area contributed by atoms with Crippen LogP contribution in [0.2, 0.25) is 0 Å². The average molecular weight is 356 g/mol. The van der Waals surface area contributed by atoms with Crippen LogP contribution in [0.15, 0.2) is 34.1 Å². The minimum absolute atomic E-state index is 0.0144. The summed E-state index contributed by atoms with van der Waals surface area (Å²) in [7, 11) is 0. The molecule has 2 N–H and O–H groups in total. The van der Waals surface area contributed by atoms with E-state index in [1.165, 1.54) is 6.42 Å². The number of aromatic nitrogens is 3. The molecule has 138 valence electrons. The van der Waals surface area contributed by atoms with E-state index in [4.69, 9.17) is 0 Å². The molecule has 0 saturated heterocycles. The fourth-order valence-electron chi connectivity index (χ4n) is 3.59. The SMILES string of the molecule is Cc1[nH]c(=O)[nH]c(=O)c1CC(=O)N(Cc1ccncc1)C1CCCCC1. The number of nitrogens with zero attached hydrogens (tertiary/aromatic N) is 2. The van der Waals surface area contributed by atoms with Crippen molar-refractivity contribution in [3.63, 3.8) is 0 Å². The van der Waals surface area contributed by atoms with Gasteiger partial charge < -0.3 is 9.88 Å². The third-order valence-corrected chi connectivity index (χ3v) is 5.02. The quantitative estimate of drug-likeness (QED) is 0.851. The lowest BCUT2D eigenvalue weighted by Gasteiger charge is -2.34. The Balaban J connectivity index is 1.84. The van der Waals surface area contributed by atoms with Crippen molar-refractivity contribution in [3.8, 4) is 0 Å². The Morgan fingerprint density at radius 2 is 1.85 bits per heavy atom. The zero-order valence-corrected chi connectivity index (χ0v) is 15.0. The molecule has 0 spiro atoms. The van der Waals surface area contributed by atoms with Crippen LogP contribution in [0.25, 0.3) is 0 Å². The van der Waals surface area contributed by atoms with E-state index in [1.807, 2.05) is 17.0 Å². The first-order valence-electron chi connectivity index (χ1n) is 9.05. The van der Waals surface area contributed by atoms with E-state index in [-0.39, 0.29) is 18.4 Å². The highest BCUT2D eigenvalue weighted by Crippen LogP contribution is 2.24. The van der Waals surface area contributed by atoms with E-state index in [0.717, 1.165) is 31.2 Å².